The van der Waals surface area contributed by atoms with Crippen molar-refractivity contribution in [3.05, 3.63) is 83.4 Å². The molecular weight excluding hydrogens is 471 g/mol. The first-order valence-electron chi connectivity index (χ1n) is 8.30. The third kappa shape index (κ3) is 3.74. The van der Waals surface area contributed by atoms with Gasteiger partial charge in [-0.3, -0.25) is 0 Å². The highest BCUT2D eigenvalue weighted by atomic mass is 35.5. The van der Waals surface area contributed by atoms with Crippen LogP contribution in [0.1, 0.15) is 0 Å². The van der Waals surface area contributed by atoms with Crippen molar-refractivity contribution in [2.45, 2.75) is 9.79 Å². The summed E-state index contributed by atoms with van der Waals surface area (Å²) in [7, 11) is -7.91. The molecule has 2 heterocycles. The van der Waals surface area contributed by atoms with E-state index in [0.29, 0.717) is 11.1 Å². The van der Waals surface area contributed by atoms with Gasteiger partial charge >= 0.3 is 0 Å². The fraction of sp³-hybridized carbons (Fsp3) is 0. The number of nitrogens with zero attached hydrogens (tertiary/aromatic N) is 4. The fourth-order valence-corrected chi connectivity index (χ4v) is 5.48. The Bertz CT molecular complexity index is 1350. The molecule has 0 atom stereocenters. The number of rotatable bonds is 5. The molecule has 0 N–H and O–H groups in total. The minimum absolute atomic E-state index is 0.0242. The molecule has 0 saturated heterocycles. The van der Waals surface area contributed by atoms with Gasteiger partial charge in [0.2, 0.25) is 0 Å². The van der Waals surface area contributed by atoms with Crippen LogP contribution in [-0.2, 0) is 20.0 Å². The molecule has 0 aliphatic heterocycles. The van der Waals surface area contributed by atoms with Gasteiger partial charge in [-0.1, -0.05) is 35.3 Å². The van der Waals surface area contributed by atoms with E-state index in [9.17, 15) is 16.8 Å². The van der Waals surface area contributed by atoms with E-state index >= 15 is 0 Å². The average Bonchev–Trinajstić information content (AvgIpc) is 3.38. The Labute approximate surface area is 182 Å². The fourth-order valence-electron chi connectivity index (χ4n) is 2.64. The van der Waals surface area contributed by atoms with Gasteiger partial charge in [-0.2, -0.15) is 35.2 Å². The largest absolute Gasteiger partial charge is 0.283 e. The Balaban J connectivity index is 1.68. The topological polar surface area (TPSA) is 104 Å². The smallest absolute Gasteiger partial charge is 0.199 e. The van der Waals surface area contributed by atoms with Gasteiger partial charge in [0.1, 0.15) is 0 Å². The third-order valence-corrected chi connectivity index (χ3v) is 7.69. The Morgan fingerprint density at radius 3 is 1.43 bits per heavy atom. The predicted octanol–water partition coefficient (Wildman–Crippen LogP) is 3.53. The van der Waals surface area contributed by atoms with E-state index in [1.54, 1.807) is 12.1 Å². The number of hydrogen-bond acceptors (Lipinski definition) is 6. The van der Waals surface area contributed by atoms with Crippen LogP contribution in [0.3, 0.4) is 0 Å². The van der Waals surface area contributed by atoms with Crippen molar-refractivity contribution < 1.29 is 16.8 Å². The average molecular weight is 483 g/mol. The third-order valence-electron chi connectivity index (χ3n) is 4.13. The van der Waals surface area contributed by atoms with Crippen LogP contribution in [0.5, 0.6) is 0 Å². The van der Waals surface area contributed by atoms with Crippen LogP contribution in [0.4, 0.5) is 0 Å². The molecule has 0 bridgehead atoms. The molecule has 0 aliphatic carbocycles. The van der Waals surface area contributed by atoms with Crippen LogP contribution in [0, 0.1) is 0 Å². The summed E-state index contributed by atoms with van der Waals surface area (Å²) in [6.07, 6.45) is 5.14. The number of benzene rings is 2. The van der Waals surface area contributed by atoms with E-state index in [1.165, 1.54) is 61.2 Å². The predicted molar refractivity (Wildman–Crippen MR) is 112 cm³/mol. The monoisotopic (exact) mass is 482 g/mol. The van der Waals surface area contributed by atoms with E-state index in [0.717, 1.165) is 8.17 Å². The molecule has 0 radical (unpaired) electrons. The second kappa shape index (κ2) is 7.55. The molecule has 0 aliphatic rings. The second-order valence-corrected chi connectivity index (χ2v) is 10.6. The summed E-state index contributed by atoms with van der Waals surface area (Å²) in [5.74, 6) is 0. The molecule has 8 nitrogen and oxygen atoms in total. The Morgan fingerprint density at radius 1 is 0.667 bits per heavy atom. The van der Waals surface area contributed by atoms with Gasteiger partial charge in [-0.25, -0.2) is 0 Å². The van der Waals surface area contributed by atoms with Crippen molar-refractivity contribution in [2.75, 3.05) is 0 Å². The number of hydrogen-bond donors (Lipinski definition) is 0. The van der Waals surface area contributed by atoms with E-state index < -0.39 is 20.0 Å². The molecule has 4 rings (SSSR count). The molecule has 2 aromatic heterocycles. The summed E-state index contributed by atoms with van der Waals surface area (Å²) >= 11 is 11.7. The molecule has 12 heteroatoms. The Kier molecular flexibility index (Phi) is 5.18. The maximum Gasteiger partial charge on any atom is 0.283 e. The molecule has 0 spiro atoms. The summed E-state index contributed by atoms with van der Waals surface area (Å²) in [5, 5.41) is 8.33. The van der Waals surface area contributed by atoms with Crippen LogP contribution in [0.2, 0.25) is 10.0 Å². The zero-order valence-corrected chi connectivity index (χ0v) is 18.1. The quantitative estimate of drug-likeness (QED) is 0.430. The first-order chi connectivity index (χ1) is 14.2. The van der Waals surface area contributed by atoms with Crippen LogP contribution < -0.4 is 0 Å². The maximum absolute atomic E-state index is 12.7. The maximum atomic E-state index is 12.7. The highest BCUT2D eigenvalue weighted by Crippen LogP contribution is 2.24. The van der Waals surface area contributed by atoms with Crippen LogP contribution in [-0.4, -0.2) is 35.2 Å². The van der Waals surface area contributed by atoms with Gasteiger partial charge in [0.15, 0.2) is 0 Å². The normalized spacial score (nSPS) is 12.2. The highest BCUT2D eigenvalue weighted by Gasteiger charge is 2.21. The lowest BCUT2D eigenvalue weighted by Crippen LogP contribution is -2.13. The van der Waals surface area contributed by atoms with Gasteiger partial charge < -0.3 is 0 Å². The van der Waals surface area contributed by atoms with Gasteiger partial charge in [0.25, 0.3) is 20.0 Å². The summed E-state index contributed by atoms with van der Waals surface area (Å²) in [4.78, 5) is -0.0484. The lowest BCUT2D eigenvalue weighted by Gasteiger charge is -2.04. The van der Waals surface area contributed by atoms with Crippen molar-refractivity contribution in [3.8, 4) is 11.1 Å². The van der Waals surface area contributed by atoms with Crippen molar-refractivity contribution >= 4 is 43.2 Å². The minimum atomic E-state index is -3.96. The Hall–Kier alpha value is -2.66. The summed E-state index contributed by atoms with van der Waals surface area (Å²) in [6.45, 7) is 0. The van der Waals surface area contributed by atoms with Crippen LogP contribution >= 0.6 is 23.2 Å². The lowest BCUT2D eigenvalue weighted by atomic mass is 10.2. The van der Waals surface area contributed by atoms with Crippen LogP contribution in [0.15, 0.2) is 83.1 Å². The molecule has 30 heavy (non-hydrogen) atoms. The summed E-state index contributed by atoms with van der Waals surface area (Å²) in [6, 6.07) is 11.6. The zero-order valence-electron chi connectivity index (χ0n) is 14.9. The zero-order chi connectivity index (χ0) is 21.5. The van der Waals surface area contributed by atoms with E-state index in [1.807, 2.05) is 0 Å². The van der Waals surface area contributed by atoms with Gasteiger partial charge in [0, 0.05) is 21.2 Å². The molecule has 2 aromatic carbocycles. The van der Waals surface area contributed by atoms with Gasteiger partial charge in [-0.15, -0.1) is 0 Å². The minimum Gasteiger partial charge on any atom is -0.199 e. The van der Waals surface area contributed by atoms with E-state index in [-0.39, 0.29) is 19.8 Å². The molecule has 4 aromatic rings. The first-order valence-corrected chi connectivity index (χ1v) is 11.9. The van der Waals surface area contributed by atoms with Crippen molar-refractivity contribution in [3.63, 3.8) is 0 Å². The summed E-state index contributed by atoms with van der Waals surface area (Å²) < 4.78 is 52.5. The van der Waals surface area contributed by atoms with Crippen LogP contribution in [0.25, 0.3) is 11.1 Å². The SMILES string of the molecule is O=S(=O)(c1cccc(Cl)c1)n1cc(-c2cnn(S(=O)(=O)c3cccc(Cl)c3)c2)cn1. The Morgan fingerprint density at radius 2 is 1.07 bits per heavy atom. The molecule has 0 fully saturated rings. The lowest BCUT2D eigenvalue weighted by molar-refractivity contribution is 0.578. The molecular formula is C18H12Cl2N4O4S2. The number of aromatic nitrogens is 4. The van der Waals surface area contributed by atoms with Crippen molar-refractivity contribution in [1.82, 2.24) is 18.4 Å². The highest BCUT2D eigenvalue weighted by molar-refractivity contribution is 7.90. The molecule has 0 unspecified atom stereocenters. The molecule has 0 amide bonds. The van der Waals surface area contributed by atoms with Crippen molar-refractivity contribution in [2.24, 2.45) is 0 Å². The standard InChI is InChI=1S/C18H12Cl2N4O4S2/c19-15-3-1-5-17(7-15)29(25,26)23-11-13(9-21-23)14-10-22-24(12-14)30(27,28)18-6-2-4-16(20)8-18/h1-12H. The van der Waals surface area contributed by atoms with E-state index in [2.05, 4.69) is 10.2 Å². The summed E-state index contributed by atoms with van der Waals surface area (Å²) in [5.41, 5.74) is 0.737. The first kappa shape index (κ1) is 20.6. The number of halogens is 2. The van der Waals surface area contributed by atoms with Gasteiger partial charge in [0.05, 0.1) is 34.6 Å². The van der Waals surface area contributed by atoms with E-state index in [4.69, 9.17) is 23.2 Å². The van der Waals surface area contributed by atoms with Crippen molar-refractivity contribution in [1.29, 1.82) is 0 Å². The molecule has 0 saturated carbocycles. The molecule has 154 valence electrons. The second-order valence-electron chi connectivity index (χ2n) is 6.13. The van der Waals surface area contributed by atoms with Gasteiger partial charge in [-0.05, 0) is 36.4 Å².